The topological polar surface area (TPSA) is 35.1 Å². The Morgan fingerprint density at radius 3 is 2.57 bits per heavy atom. The molecule has 3 nitrogen and oxygen atoms in total. The number of furan rings is 1. The lowest BCUT2D eigenvalue weighted by Gasteiger charge is -2.08. The van der Waals surface area contributed by atoms with E-state index in [0.29, 0.717) is 6.54 Å². The van der Waals surface area contributed by atoms with E-state index in [1.165, 1.54) is 10.8 Å². The minimum atomic E-state index is -0.0199. The van der Waals surface area contributed by atoms with Gasteiger partial charge < -0.3 is 8.98 Å². The van der Waals surface area contributed by atoms with Crippen LogP contribution in [0.15, 0.2) is 88.4 Å². The summed E-state index contributed by atoms with van der Waals surface area (Å²) in [5.41, 5.74) is 1.98. The number of fused-ring (bicyclic) bond motifs is 1. The summed E-state index contributed by atoms with van der Waals surface area (Å²) < 4.78 is 7.12. The van der Waals surface area contributed by atoms with Gasteiger partial charge >= 0.3 is 0 Å². The third-order valence-electron chi connectivity index (χ3n) is 3.96. The lowest BCUT2D eigenvalue weighted by molar-refractivity contribution is 0.581. The van der Waals surface area contributed by atoms with Gasteiger partial charge in [-0.05, 0) is 40.6 Å². The van der Waals surface area contributed by atoms with Crippen molar-refractivity contribution in [2.45, 2.75) is 6.54 Å². The van der Waals surface area contributed by atoms with Crippen molar-refractivity contribution in [1.82, 2.24) is 4.57 Å². The van der Waals surface area contributed by atoms with Gasteiger partial charge in [0, 0.05) is 17.8 Å². The smallest absolute Gasteiger partial charge is 0.250 e. The molecular formula is C20H15NO2. The summed E-state index contributed by atoms with van der Waals surface area (Å²) in [7, 11) is 0. The van der Waals surface area contributed by atoms with Gasteiger partial charge in [0.1, 0.15) is 5.76 Å². The number of aromatic nitrogens is 1. The molecule has 23 heavy (non-hydrogen) atoms. The summed E-state index contributed by atoms with van der Waals surface area (Å²) in [5, 5.41) is 2.38. The first-order valence-corrected chi connectivity index (χ1v) is 7.52. The molecule has 0 fully saturated rings. The minimum absolute atomic E-state index is 0.0199. The predicted molar refractivity (Wildman–Crippen MR) is 91.5 cm³/mol. The lowest BCUT2D eigenvalue weighted by Crippen LogP contribution is -2.19. The Kier molecular flexibility index (Phi) is 3.31. The van der Waals surface area contributed by atoms with E-state index in [4.69, 9.17) is 4.42 Å². The van der Waals surface area contributed by atoms with Crippen molar-refractivity contribution in [2.24, 2.45) is 0 Å². The van der Waals surface area contributed by atoms with Crippen molar-refractivity contribution in [3.8, 4) is 11.3 Å². The molecular weight excluding hydrogens is 286 g/mol. The molecule has 0 N–H and O–H groups in total. The maximum absolute atomic E-state index is 12.1. The van der Waals surface area contributed by atoms with Crippen LogP contribution in [0.3, 0.4) is 0 Å². The van der Waals surface area contributed by atoms with Crippen molar-refractivity contribution < 1.29 is 4.42 Å². The van der Waals surface area contributed by atoms with E-state index in [-0.39, 0.29) is 5.56 Å². The quantitative estimate of drug-likeness (QED) is 0.565. The van der Waals surface area contributed by atoms with E-state index in [9.17, 15) is 4.79 Å². The van der Waals surface area contributed by atoms with Crippen molar-refractivity contribution in [3.63, 3.8) is 0 Å². The van der Waals surface area contributed by atoms with Gasteiger partial charge in [0.2, 0.25) is 0 Å². The van der Waals surface area contributed by atoms with E-state index in [0.717, 1.165) is 16.9 Å². The van der Waals surface area contributed by atoms with Gasteiger partial charge in [-0.2, -0.15) is 0 Å². The highest BCUT2D eigenvalue weighted by atomic mass is 16.3. The molecule has 3 heteroatoms. The average Bonchev–Trinajstić information content (AvgIpc) is 3.11. The number of hydrogen-bond donors (Lipinski definition) is 0. The van der Waals surface area contributed by atoms with E-state index in [1.807, 2.05) is 30.5 Å². The first-order valence-electron chi connectivity index (χ1n) is 7.52. The van der Waals surface area contributed by atoms with Gasteiger partial charge in [-0.3, -0.25) is 4.79 Å². The highest BCUT2D eigenvalue weighted by molar-refractivity contribution is 5.82. The van der Waals surface area contributed by atoms with Crippen LogP contribution in [-0.4, -0.2) is 4.57 Å². The molecule has 2 heterocycles. The molecule has 112 valence electrons. The summed E-state index contributed by atoms with van der Waals surface area (Å²) in [6.07, 6.45) is 3.48. The van der Waals surface area contributed by atoms with E-state index in [2.05, 4.69) is 30.3 Å². The van der Waals surface area contributed by atoms with Crippen LogP contribution in [0.1, 0.15) is 5.56 Å². The van der Waals surface area contributed by atoms with Crippen LogP contribution in [0.4, 0.5) is 0 Å². The molecule has 2 aromatic heterocycles. The van der Waals surface area contributed by atoms with Crippen LogP contribution < -0.4 is 5.56 Å². The summed E-state index contributed by atoms with van der Waals surface area (Å²) in [6, 6.07) is 21.6. The third kappa shape index (κ3) is 2.69. The SMILES string of the molecule is O=c1ccc(-c2ccco2)cn1Cc1ccc2ccccc2c1. The van der Waals surface area contributed by atoms with Crippen LogP contribution in [0, 0.1) is 0 Å². The number of benzene rings is 2. The second-order valence-corrected chi connectivity index (χ2v) is 5.54. The van der Waals surface area contributed by atoms with Crippen LogP contribution in [0.2, 0.25) is 0 Å². The van der Waals surface area contributed by atoms with Crippen LogP contribution >= 0.6 is 0 Å². The van der Waals surface area contributed by atoms with Gasteiger partial charge in [-0.1, -0.05) is 36.4 Å². The zero-order chi connectivity index (χ0) is 15.6. The molecule has 0 atom stereocenters. The summed E-state index contributed by atoms with van der Waals surface area (Å²) in [4.78, 5) is 12.1. The highest BCUT2D eigenvalue weighted by Gasteiger charge is 2.05. The Balaban J connectivity index is 1.72. The Morgan fingerprint density at radius 2 is 1.74 bits per heavy atom. The van der Waals surface area contributed by atoms with E-state index >= 15 is 0 Å². The van der Waals surface area contributed by atoms with Crippen LogP contribution in [0.5, 0.6) is 0 Å². The first-order chi connectivity index (χ1) is 11.3. The number of pyridine rings is 1. The lowest BCUT2D eigenvalue weighted by atomic mass is 10.1. The Labute approximate surface area is 133 Å². The average molecular weight is 301 g/mol. The molecule has 0 saturated heterocycles. The molecule has 0 radical (unpaired) electrons. The molecule has 4 rings (SSSR count). The molecule has 0 aliphatic carbocycles. The maximum Gasteiger partial charge on any atom is 0.250 e. The van der Waals surface area contributed by atoms with Crippen LogP contribution in [0.25, 0.3) is 22.1 Å². The Morgan fingerprint density at radius 1 is 0.870 bits per heavy atom. The normalized spacial score (nSPS) is 11.0. The zero-order valence-electron chi connectivity index (χ0n) is 12.5. The summed E-state index contributed by atoms with van der Waals surface area (Å²) in [5.74, 6) is 0.761. The second kappa shape index (κ2) is 5.61. The van der Waals surface area contributed by atoms with Gasteiger partial charge in [0.15, 0.2) is 0 Å². The Hall–Kier alpha value is -3.07. The van der Waals surface area contributed by atoms with Gasteiger partial charge in [0.25, 0.3) is 5.56 Å². The van der Waals surface area contributed by atoms with Crippen molar-refractivity contribution in [1.29, 1.82) is 0 Å². The standard InChI is InChI=1S/C20H15NO2/c22-20-10-9-18(19-6-3-11-23-19)14-21(20)13-15-7-8-16-4-1-2-5-17(16)12-15/h1-12,14H,13H2. The molecule has 0 saturated carbocycles. The summed E-state index contributed by atoms with van der Waals surface area (Å²) in [6.45, 7) is 0.540. The molecule has 0 unspecified atom stereocenters. The van der Waals surface area contributed by atoms with Gasteiger partial charge in [-0.25, -0.2) is 0 Å². The largest absolute Gasteiger partial charge is 0.464 e. The minimum Gasteiger partial charge on any atom is -0.464 e. The number of hydrogen-bond acceptors (Lipinski definition) is 2. The fraction of sp³-hybridized carbons (Fsp3) is 0.0500. The first kappa shape index (κ1) is 13.6. The second-order valence-electron chi connectivity index (χ2n) is 5.54. The van der Waals surface area contributed by atoms with Gasteiger partial charge in [-0.15, -0.1) is 0 Å². The molecule has 0 amide bonds. The predicted octanol–water partition coefficient (Wildman–Crippen LogP) is 4.31. The van der Waals surface area contributed by atoms with E-state index in [1.54, 1.807) is 23.0 Å². The fourth-order valence-corrected chi connectivity index (χ4v) is 2.78. The molecule has 2 aromatic carbocycles. The number of rotatable bonds is 3. The van der Waals surface area contributed by atoms with E-state index < -0.39 is 0 Å². The summed E-state index contributed by atoms with van der Waals surface area (Å²) >= 11 is 0. The van der Waals surface area contributed by atoms with Crippen molar-refractivity contribution in [2.75, 3.05) is 0 Å². The molecule has 0 aliphatic rings. The third-order valence-corrected chi connectivity index (χ3v) is 3.96. The molecule has 0 bridgehead atoms. The molecule has 4 aromatic rings. The molecule has 0 aliphatic heterocycles. The Bertz CT molecular complexity index is 1010. The highest BCUT2D eigenvalue weighted by Crippen LogP contribution is 2.19. The number of nitrogens with zero attached hydrogens (tertiary/aromatic N) is 1. The zero-order valence-corrected chi connectivity index (χ0v) is 12.5. The monoisotopic (exact) mass is 301 g/mol. The van der Waals surface area contributed by atoms with Crippen molar-refractivity contribution in [3.05, 3.63) is 95.1 Å². The van der Waals surface area contributed by atoms with Crippen LogP contribution in [-0.2, 0) is 6.54 Å². The van der Waals surface area contributed by atoms with Crippen molar-refractivity contribution >= 4 is 10.8 Å². The molecule has 0 spiro atoms. The maximum atomic E-state index is 12.1. The van der Waals surface area contributed by atoms with Gasteiger partial charge in [0.05, 0.1) is 12.8 Å². The fourth-order valence-electron chi connectivity index (χ4n) is 2.78.